The van der Waals surface area contributed by atoms with Crippen LogP contribution in [0.1, 0.15) is 0 Å². The van der Waals surface area contributed by atoms with E-state index in [1.54, 1.807) is 24.3 Å². The third-order valence-corrected chi connectivity index (χ3v) is 2.25. The summed E-state index contributed by atoms with van der Waals surface area (Å²) in [6.45, 7) is 1.29. The first-order valence-corrected chi connectivity index (χ1v) is 5.04. The number of amides is 2. The number of rotatable bonds is 3. The minimum Gasteiger partial charge on any atom is -0.371 e. The van der Waals surface area contributed by atoms with Crippen LogP contribution in [0.2, 0.25) is 5.02 Å². The largest absolute Gasteiger partial charge is 0.371 e. The summed E-state index contributed by atoms with van der Waals surface area (Å²) in [6, 6.07) is 6.71. The Labute approximate surface area is 92.6 Å². The molecule has 0 radical (unpaired) electrons. The maximum Gasteiger partial charge on any atom is 0.319 e. The first-order valence-electron chi connectivity index (χ1n) is 4.66. The van der Waals surface area contributed by atoms with E-state index in [-0.39, 0.29) is 12.1 Å². The molecule has 1 fully saturated rings. The Morgan fingerprint density at radius 3 is 2.73 bits per heavy atom. The molecule has 0 spiro atoms. The number of nitrogens with one attached hydrogen (secondary N) is 2. The highest BCUT2D eigenvalue weighted by Crippen LogP contribution is 2.13. The third kappa shape index (κ3) is 3.42. The Kier molecular flexibility index (Phi) is 3.08. The smallest absolute Gasteiger partial charge is 0.319 e. The molecule has 4 nitrogen and oxygen atoms in total. The fourth-order valence-corrected chi connectivity index (χ4v) is 1.23. The van der Waals surface area contributed by atoms with Gasteiger partial charge in [-0.3, -0.25) is 0 Å². The highest BCUT2D eigenvalue weighted by Gasteiger charge is 2.22. The molecule has 5 heteroatoms. The normalized spacial score (nSPS) is 18.3. The molecular formula is C10H11ClN2O2. The molecule has 1 atom stereocenters. The SMILES string of the molecule is O=C(NC[C@H]1CO1)Nc1ccc(Cl)cc1. The van der Waals surface area contributed by atoms with Crippen LogP contribution in [0, 0.1) is 0 Å². The van der Waals surface area contributed by atoms with E-state index in [9.17, 15) is 4.79 Å². The first-order chi connectivity index (χ1) is 7.24. The molecule has 0 unspecified atom stereocenters. The lowest BCUT2D eigenvalue weighted by Crippen LogP contribution is -2.31. The van der Waals surface area contributed by atoms with E-state index >= 15 is 0 Å². The Morgan fingerprint density at radius 1 is 1.47 bits per heavy atom. The molecule has 1 aliphatic rings. The van der Waals surface area contributed by atoms with Gasteiger partial charge in [-0.2, -0.15) is 0 Å². The standard InChI is InChI=1S/C10H11ClN2O2/c11-7-1-3-8(4-2-7)13-10(14)12-5-9-6-15-9/h1-4,9H,5-6H2,(H2,12,13,14)/t9-/m0/s1. The number of benzene rings is 1. The van der Waals surface area contributed by atoms with Crippen LogP contribution in [-0.2, 0) is 4.74 Å². The Bertz CT molecular complexity index is 349. The second kappa shape index (κ2) is 4.51. The van der Waals surface area contributed by atoms with Gasteiger partial charge in [-0.25, -0.2) is 4.79 Å². The average molecular weight is 227 g/mol. The molecule has 15 heavy (non-hydrogen) atoms. The van der Waals surface area contributed by atoms with E-state index in [2.05, 4.69) is 10.6 Å². The lowest BCUT2D eigenvalue weighted by atomic mass is 10.3. The van der Waals surface area contributed by atoms with E-state index < -0.39 is 0 Å². The van der Waals surface area contributed by atoms with Crippen molar-refractivity contribution in [2.45, 2.75) is 6.10 Å². The van der Waals surface area contributed by atoms with Gasteiger partial charge < -0.3 is 15.4 Å². The van der Waals surface area contributed by atoms with Crippen LogP contribution in [0.15, 0.2) is 24.3 Å². The number of carbonyl (C=O) groups excluding carboxylic acids is 1. The predicted octanol–water partition coefficient (Wildman–Crippen LogP) is 1.86. The van der Waals surface area contributed by atoms with E-state index in [0.29, 0.717) is 17.3 Å². The highest BCUT2D eigenvalue weighted by molar-refractivity contribution is 6.30. The zero-order valence-electron chi connectivity index (χ0n) is 8.00. The van der Waals surface area contributed by atoms with Crippen LogP contribution in [-0.4, -0.2) is 25.3 Å². The Balaban J connectivity index is 1.79. The second-order valence-electron chi connectivity index (χ2n) is 3.30. The fraction of sp³-hybridized carbons (Fsp3) is 0.300. The Morgan fingerprint density at radius 2 is 2.13 bits per heavy atom. The van der Waals surface area contributed by atoms with Gasteiger partial charge in [0.15, 0.2) is 0 Å². The van der Waals surface area contributed by atoms with Crippen molar-refractivity contribution in [1.29, 1.82) is 0 Å². The third-order valence-electron chi connectivity index (χ3n) is 1.99. The summed E-state index contributed by atoms with van der Waals surface area (Å²) in [7, 11) is 0. The van der Waals surface area contributed by atoms with Gasteiger partial charge in [-0.05, 0) is 24.3 Å². The average Bonchev–Trinajstić information content (AvgIpc) is 3.02. The molecule has 2 rings (SSSR count). The lowest BCUT2D eigenvalue weighted by Gasteiger charge is -2.05. The first kappa shape index (κ1) is 10.3. The molecule has 0 bridgehead atoms. The van der Waals surface area contributed by atoms with Crippen molar-refractivity contribution in [1.82, 2.24) is 5.32 Å². The van der Waals surface area contributed by atoms with Crippen LogP contribution in [0.5, 0.6) is 0 Å². The van der Waals surface area contributed by atoms with Crippen molar-refractivity contribution in [2.24, 2.45) is 0 Å². The van der Waals surface area contributed by atoms with Crippen molar-refractivity contribution < 1.29 is 9.53 Å². The molecule has 1 saturated heterocycles. The maximum absolute atomic E-state index is 11.3. The van der Waals surface area contributed by atoms with Crippen molar-refractivity contribution >= 4 is 23.3 Å². The van der Waals surface area contributed by atoms with Crippen LogP contribution < -0.4 is 10.6 Å². The van der Waals surface area contributed by atoms with Gasteiger partial charge in [0.05, 0.1) is 12.7 Å². The number of anilines is 1. The number of ether oxygens (including phenoxy) is 1. The van der Waals surface area contributed by atoms with Crippen molar-refractivity contribution in [3.8, 4) is 0 Å². The quantitative estimate of drug-likeness (QED) is 0.773. The molecule has 0 aromatic heterocycles. The molecule has 1 aromatic carbocycles. The van der Waals surface area contributed by atoms with Gasteiger partial charge in [0.25, 0.3) is 0 Å². The summed E-state index contributed by atoms with van der Waals surface area (Å²) in [5, 5.41) is 6.03. The van der Waals surface area contributed by atoms with Crippen molar-refractivity contribution in [3.05, 3.63) is 29.3 Å². The number of urea groups is 1. The zero-order valence-corrected chi connectivity index (χ0v) is 8.75. The number of carbonyl (C=O) groups is 1. The van der Waals surface area contributed by atoms with Crippen LogP contribution in [0.25, 0.3) is 0 Å². The Hall–Kier alpha value is -1.26. The van der Waals surface area contributed by atoms with Gasteiger partial charge >= 0.3 is 6.03 Å². The number of epoxide rings is 1. The van der Waals surface area contributed by atoms with E-state index in [4.69, 9.17) is 16.3 Å². The van der Waals surface area contributed by atoms with E-state index in [1.807, 2.05) is 0 Å². The van der Waals surface area contributed by atoms with Gasteiger partial charge in [0.2, 0.25) is 0 Å². The molecule has 1 aromatic rings. The minimum absolute atomic E-state index is 0.195. The number of halogens is 1. The van der Waals surface area contributed by atoms with Gasteiger partial charge in [-0.15, -0.1) is 0 Å². The second-order valence-corrected chi connectivity index (χ2v) is 3.73. The minimum atomic E-state index is -0.229. The fourth-order valence-electron chi connectivity index (χ4n) is 1.10. The molecule has 1 aliphatic heterocycles. The van der Waals surface area contributed by atoms with Crippen molar-refractivity contribution in [2.75, 3.05) is 18.5 Å². The van der Waals surface area contributed by atoms with Crippen molar-refractivity contribution in [3.63, 3.8) is 0 Å². The van der Waals surface area contributed by atoms with Crippen LogP contribution in [0.4, 0.5) is 10.5 Å². The summed E-state index contributed by atoms with van der Waals surface area (Å²) in [5.74, 6) is 0. The van der Waals surface area contributed by atoms with Gasteiger partial charge in [-0.1, -0.05) is 11.6 Å². The molecule has 0 saturated carbocycles. The summed E-state index contributed by atoms with van der Waals surface area (Å²) in [6.07, 6.45) is 0.195. The molecule has 0 aliphatic carbocycles. The van der Waals surface area contributed by atoms with E-state index in [1.165, 1.54) is 0 Å². The summed E-state index contributed by atoms with van der Waals surface area (Å²) in [4.78, 5) is 11.3. The summed E-state index contributed by atoms with van der Waals surface area (Å²) < 4.78 is 4.96. The van der Waals surface area contributed by atoms with Gasteiger partial charge in [0.1, 0.15) is 0 Å². The molecule has 2 N–H and O–H groups in total. The van der Waals surface area contributed by atoms with Crippen LogP contribution >= 0.6 is 11.6 Å². The maximum atomic E-state index is 11.3. The lowest BCUT2D eigenvalue weighted by molar-refractivity contribution is 0.250. The van der Waals surface area contributed by atoms with Crippen LogP contribution in [0.3, 0.4) is 0 Å². The highest BCUT2D eigenvalue weighted by atomic mass is 35.5. The molecule has 2 amide bonds. The van der Waals surface area contributed by atoms with E-state index in [0.717, 1.165) is 6.61 Å². The molecular weight excluding hydrogens is 216 g/mol. The number of hydrogen-bond acceptors (Lipinski definition) is 2. The summed E-state index contributed by atoms with van der Waals surface area (Å²) >= 11 is 5.71. The predicted molar refractivity (Wildman–Crippen MR) is 58.2 cm³/mol. The molecule has 1 heterocycles. The summed E-state index contributed by atoms with van der Waals surface area (Å²) in [5.41, 5.74) is 0.716. The number of hydrogen-bond donors (Lipinski definition) is 2. The topological polar surface area (TPSA) is 53.7 Å². The monoisotopic (exact) mass is 226 g/mol. The van der Waals surface area contributed by atoms with Gasteiger partial charge in [0, 0.05) is 17.3 Å². The zero-order chi connectivity index (χ0) is 10.7. The molecule has 80 valence electrons.